The molecule has 0 saturated carbocycles. The number of carbonyl (C=O) groups excluding carboxylic acids is 2. The van der Waals surface area contributed by atoms with Crippen molar-refractivity contribution in [3.8, 4) is 0 Å². The highest BCUT2D eigenvalue weighted by Crippen LogP contribution is 2.09. The van der Waals surface area contributed by atoms with E-state index in [1.165, 1.54) is 25.3 Å². The molecule has 0 atom stereocenters. The van der Waals surface area contributed by atoms with Gasteiger partial charge in [-0.05, 0) is 19.4 Å². The average molecular weight is 221 g/mol. The molecule has 0 aromatic rings. The molecule has 1 aliphatic carbocycles. The van der Waals surface area contributed by atoms with Gasteiger partial charge in [0.05, 0.1) is 0 Å². The van der Waals surface area contributed by atoms with E-state index in [0.29, 0.717) is 5.57 Å². The van der Waals surface area contributed by atoms with Crippen molar-refractivity contribution in [2.45, 2.75) is 39.5 Å². The number of Topliss-reactive ketones (excluding diaryl/α,β-unsaturated/α-hetero) is 1. The maximum Gasteiger partial charge on any atom is 0.228 e. The van der Waals surface area contributed by atoms with Crippen LogP contribution in [-0.4, -0.2) is 18.1 Å². The molecule has 0 amide bonds. The monoisotopic (exact) mass is 221 g/mol. The summed E-state index contributed by atoms with van der Waals surface area (Å²) in [4.78, 5) is 22.4. The Labute approximate surface area is 96.6 Å². The van der Waals surface area contributed by atoms with E-state index in [9.17, 15) is 9.59 Å². The van der Waals surface area contributed by atoms with Crippen molar-refractivity contribution in [3.63, 3.8) is 0 Å². The number of carbonyl (C=O) groups is 2. The van der Waals surface area contributed by atoms with E-state index in [2.05, 4.69) is 12.2 Å². The maximum atomic E-state index is 11.2. The molecule has 88 valence electrons. The number of allylic oxidation sites excluding steroid dienone is 3. The van der Waals surface area contributed by atoms with Gasteiger partial charge in [0.15, 0.2) is 0 Å². The second kappa shape index (κ2) is 6.26. The summed E-state index contributed by atoms with van der Waals surface area (Å²) in [7, 11) is 0. The Morgan fingerprint density at radius 2 is 1.88 bits per heavy atom. The molecule has 1 aliphatic rings. The lowest BCUT2D eigenvalue weighted by Gasteiger charge is -2.11. The summed E-state index contributed by atoms with van der Waals surface area (Å²) in [5.74, 6) is -0.812. The van der Waals surface area contributed by atoms with E-state index < -0.39 is 11.6 Å². The molecular weight excluding hydrogens is 202 g/mol. The van der Waals surface area contributed by atoms with Crippen LogP contribution in [0.25, 0.3) is 0 Å². The molecular formula is C13H19NO2. The molecule has 3 heteroatoms. The molecule has 1 rings (SSSR count). The van der Waals surface area contributed by atoms with Gasteiger partial charge in [-0.1, -0.05) is 26.2 Å². The number of hydrogen-bond donors (Lipinski definition) is 1. The van der Waals surface area contributed by atoms with Crippen LogP contribution in [0.1, 0.15) is 39.5 Å². The predicted molar refractivity (Wildman–Crippen MR) is 64.0 cm³/mol. The van der Waals surface area contributed by atoms with Crippen LogP contribution in [0.15, 0.2) is 23.4 Å². The number of rotatable bonds is 6. The molecule has 0 unspecified atom stereocenters. The zero-order valence-corrected chi connectivity index (χ0v) is 10.0. The second-order valence-electron chi connectivity index (χ2n) is 4.11. The first-order chi connectivity index (χ1) is 7.65. The van der Waals surface area contributed by atoms with Crippen molar-refractivity contribution in [3.05, 3.63) is 23.4 Å². The molecule has 3 nitrogen and oxygen atoms in total. The first-order valence-corrected chi connectivity index (χ1v) is 5.87. The van der Waals surface area contributed by atoms with Crippen LogP contribution in [0.3, 0.4) is 0 Å². The van der Waals surface area contributed by atoms with Crippen LogP contribution in [-0.2, 0) is 9.59 Å². The molecule has 0 spiro atoms. The van der Waals surface area contributed by atoms with Crippen LogP contribution in [0.5, 0.6) is 0 Å². The fourth-order valence-electron chi connectivity index (χ4n) is 1.63. The third-order valence-electron chi connectivity index (χ3n) is 2.60. The van der Waals surface area contributed by atoms with Crippen LogP contribution in [0.4, 0.5) is 0 Å². The Bertz CT molecular complexity index is 340. The first kappa shape index (κ1) is 12.7. The largest absolute Gasteiger partial charge is 0.385 e. The molecule has 0 aliphatic heterocycles. The van der Waals surface area contributed by atoms with Gasteiger partial charge in [0.1, 0.15) is 0 Å². The quantitative estimate of drug-likeness (QED) is 0.424. The molecule has 16 heavy (non-hydrogen) atoms. The van der Waals surface area contributed by atoms with Gasteiger partial charge in [-0.3, -0.25) is 9.59 Å². The molecule has 0 radical (unpaired) electrons. The fourth-order valence-corrected chi connectivity index (χ4v) is 1.63. The molecule has 0 bridgehead atoms. The van der Waals surface area contributed by atoms with Crippen molar-refractivity contribution in [1.29, 1.82) is 0 Å². The normalized spacial score (nSPS) is 15.9. The van der Waals surface area contributed by atoms with Gasteiger partial charge in [-0.25, -0.2) is 0 Å². The highest BCUT2D eigenvalue weighted by molar-refractivity contribution is 6.48. The fraction of sp³-hybridized carbons (Fsp3) is 0.538. The minimum atomic E-state index is -0.420. The first-order valence-electron chi connectivity index (χ1n) is 5.87. The van der Waals surface area contributed by atoms with E-state index in [-0.39, 0.29) is 0 Å². The van der Waals surface area contributed by atoms with Crippen molar-refractivity contribution in [2.75, 3.05) is 6.54 Å². The topological polar surface area (TPSA) is 46.2 Å². The Morgan fingerprint density at radius 1 is 1.12 bits per heavy atom. The number of hydrogen-bond acceptors (Lipinski definition) is 3. The predicted octanol–water partition coefficient (Wildman–Crippen LogP) is 2.14. The minimum Gasteiger partial charge on any atom is -0.385 e. The van der Waals surface area contributed by atoms with Gasteiger partial charge in [0, 0.05) is 23.9 Å². The Balaban J connectivity index is 2.36. The van der Waals surface area contributed by atoms with E-state index >= 15 is 0 Å². The molecule has 0 aromatic heterocycles. The highest BCUT2D eigenvalue weighted by atomic mass is 16.2. The van der Waals surface area contributed by atoms with Gasteiger partial charge in [0.25, 0.3) is 0 Å². The maximum absolute atomic E-state index is 11.2. The standard InChI is InChI=1S/C13H19NO2/c1-3-4-5-6-7-14-11-8-10(2)13(16)12(15)9-11/h8-9,14H,3-7H2,1-2H3. The smallest absolute Gasteiger partial charge is 0.228 e. The summed E-state index contributed by atoms with van der Waals surface area (Å²) >= 11 is 0. The molecule has 0 saturated heterocycles. The van der Waals surface area contributed by atoms with Gasteiger partial charge in [-0.15, -0.1) is 0 Å². The van der Waals surface area contributed by atoms with E-state index in [4.69, 9.17) is 0 Å². The number of unbranched alkanes of at least 4 members (excludes halogenated alkanes) is 3. The lowest BCUT2D eigenvalue weighted by molar-refractivity contribution is -0.131. The average Bonchev–Trinajstić information content (AvgIpc) is 2.25. The van der Waals surface area contributed by atoms with Gasteiger partial charge < -0.3 is 5.32 Å². The lowest BCUT2D eigenvalue weighted by atomic mass is 10.0. The molecule has 0 aromatic carbocycles. The van der Waals surface area contributed by atoms with Gasteiger partial charge in [-0.2, -0.15) is 0 Å². The van der Waals surface area contributed by atoms with E-state index in [1.807, 2.05) is 0 Å². The van der Waals surface area contributed by atoms with Crippen molar-refractivity contribution >= 4 is 11.6 Å². The molecule has 0 heterocycles. The van der Waals surface area contributed by atoms with Gasteiger partial charge >= 0.3 is 0 Å². The molecule has 1 N–H and O–H groups in total. The highest BCUT2D eigenvalue weighted by Gasteiger charge is 2.18. The summed E-state index contributed by atoms with van der Waals surface area (Å²) in [6.45, 7) is 4.70. The summed E-state index contributed by atoms with van der Waals surface area (Å²) in [6.07, 6.45) is 7.88. The Morgan fingerprint density at radius 3 is 2.50 bits per heavy atom. The minimum absolute atomic E-state index is 0.392. The van der Waals surface area contributed by atoms with E-state index in [0.717, 1.165) is 18.7 Å². The number of ketones is 2. The third-order valence-corrected chi connectivity index (χ3v) is 2.60. The SMILES string of the molecule is CCCCCCNC1=CC(=O)C(=O)C(C)=C1. The van der Waals surface area contributed by atoms with Crippen molar-refractivity contribution < 1.29 is 9.59 Å². The summed E-state index contributed by atoms with van der Waals surface area (Å²) < 4.78 is 0. The number of nitrogens with one attached hydrogen (secondary N) is 1. The van der Waals surface area contributed by atoms with Gasteiger partial charge in [0.2, 0.25) is 11.6 Å². The van der Waals surface area contributed by atoms with E-state index in [1.54, 1.807) is 13.0 Å². The van der Waals surface area contributed by atoms with Crippen LogP contribution in [0.2, 0.25) is 0 Å². The summed E-state index contributed by atoms with van der Waals surface area (Å²) in [5.41, 5.74) is 1.28. The Kier molecular flexibility index (Phi) is 4.96. The lowest BCUT2D eigenvalue weighted by Crippen LogP contribution is -2.23. The van der Waals surface area contributed by atoms with Crippen LogP contribution >= 0.6 is 0 Å². The molecule has 0 fully saturated rings. The van der Waals surface area contributed by atoms with Crippen molar-refractivity contribution in [2.24, 2.45) is 0 Å². The zero-order valence-electron chi connectivity index (χ0n) is 10.0. The second-order valence-corrected chi connectivity index (χ2v) is 4.11. The third kappa shape index (κ3) is 3.65. The summed E-state index contributed by atoms with van der Waals surface area (Å²) in [5, 5.41) is 3.17. The van der Waals surface area contributed by atoms with Crippen molar-refractivity contribution in [1.82, 2.24) is 5.32 Å². The van der Waals surface area contributed by atoms with Crippen LogP contribution < -0.4 is 5.32 Å². The van der Waals surface area contributed by atoms with Crippen LogP contribution in [0, 0.1) is 0 Å². The Hall–Kier alpha value is -1.38. The zero-order chi connectivity index (χ0) is 12.0. The summed E-state index contributed by atoms with van der Waals surface area (Å²) in [6, 6.07) is 0.